The van der Waals surface area contributed by atoms with Crippen molar-refractivity contribution in [3.8, 4) is 0 Å². The summed E-state index contributed by atoms with van der Waals surface area (Å²) in [6, 6.07) is 0. The molecule has 3 aliphatic rings. The fourth-order valence-corrected chi connectivity index (χ4v) is 7.43. The SMILES string of the molecule is CC1CCC2C(C)(COC=O)C(OC=O)CCC2(C)C12CCC(CCOC=O)(COC=O)O2. The van der Waals surface area contributed by atoms with Crippen molar-refractivity contribution in [3.63, 3.8) is 0 Å². The van der Waals surface area contributed by atoms with Gasteiger partial charge in [-0.2, -0.15) is 0 Å². The summed E-state index contributed by atoms with van der Waals surface area (Å²) in [5, 5.41) is 0. The van der Waals surface area contributed by atoms with E-state index in [1.54, 1.807) is 0 Å². The Kier molecular flexibility index (Phi) is 7.71. The van der Waals surface area contributed by atoms with Gasteiger partial charge in [0.05, 0.1) is 12.2 Å². The number of hydrogen-bond donors (Lipinski definition) is 0. The second kappa shape index (κ2) is 9.99. The van der Waals surface area contributed by atoms with Gasteiger partial charge >= 0.3 is 0 Å². The minimum Gasteiger partial charge on any atom is -0.468 e. The van der Waals surface area contributed by atoms with Gasteiger partial charge in [0.2, 0.25) is 0 Å². The van der Waals surface area contributed by atoms with E-state index in [9.17, 15) is 19.2 Å². The largest absolute Gasteiger partial charge is 0.468 e. The molecular weight excluding hydrogens is 432 g/mol. The fourth-order valence-electron chi connectivity index (χ4n) is 7.43. The Morgan fingerprint density at radius 3 is 2.21 bits per heavy atom. The summed E-state index contributed by atoms with van der Waals surface area (Å²) in [7, 11) is 0. The molecule has 9 heteroatoms. The molecule has 0 aromatic heterocycles. The van der Waals surface area contributed by atoms with E-state index in [2.05, 4.69) is 13.8 Å². The Bertz CT molecular complexity index is 729. The van der Waals surface area contributed by atoms with Gasteiger partial charge in [0.15, 0.2) is 0 Å². The first-order valence-electron chi connectivity index (χ1n) is 11.7. The van der Waals surface area contributed by atoms with Crippen molar-refractivity contribution in [2.75, 3.05) is 19.8 Å². The van der Waals surface area contributed by atoms with Crippen LogP contribution in [0.2, 0.25) is 0 Å². The van der Waals surface area contributed by atoms with Gasteiger partial charge in [-0.15, -0.1) is 0 Å². The van der Waals surface area contributed by atoms with E-state index in [0.717, 1.165) is 25.7 Å². The number of ether oxygens (including phenoxy) is 5. The third-order valence-electron chi connectivity index (χ3n) is 9.07. The van der Waals surface area contributed by atoms with Crippen LogP contribution < -0.4 is 0 Å². The molecule has 1 saturated heterocycles. The maximum atomic E-state index is 11.3. The van der Waals surface area contributed by atoms with Crippen LogP contribution >= 0.6 is 0 Å². The standard InChI is InChI=1S/C24H36O9/c1-18-4-5-19-21(2,12-30-15-26)20(32-17-28)6-7-22(19,3)24(18)9-8-23(33-24,13-31-16-27)10-11-29-14-25/h14-20H,4-13H2,1-3H3. The molecular formula is C24H36O9. The summed E-state index contributed by atoms with van der Waals surface area (Å²) >= 11 is 0. The third kappa shape index (κ3) is 4.24. The first kappa shape index (κ1) is 25.5. The van der Waals surface area contributed by atoms with E-state index in [-0.39, 0.29) is 43.2 Å². The van der Waals surface area contributed by atoms with E-state index in [1.807, 2.05) is 6.92 Å². The third-order valence-corrected chi connectivity index (χ3v) is 9.07. The van der Waals surface area contributed by atoms with Crippen molar-refractivity contribution >= 4 is 25.9 Å². The highest BCUT2D eigenvalue weighted by Crippen LogP contribution is 2.68. The number of hydrogen-bond acceptors (Lipinski definition) is 9. The average Bonchev–Trinajstić information content (AvgIpc) is 3.19. The number of carbonyl (C=O) groups is 4. The predicted molar refractivity (Wildman–Crippen MR) is 115 cm³/mol. The van der Waals surface area contributed by atoms with Crippen LogP contribution in [0, 0.1) is 22.7 Å². The molecule has 2 aliphatic carbocycles. The lowest BCUT2D eigenvalue weighted by Crippen LogP contribution is -2.67. The molecule has 0 aromatic rings. The molecule has 0 N–H and O–H groups in total. The molecule has 2 saturated carbocycles. The van der Waals surface area contributed by atoms with Crippen molar-refractivity contribution in [2.45, 2.75) is 83.0 Å². The van der Waals surface area contributed by atoms with Crippen molar-refractivity contribution in [3.05, 3.63) is 0 Å². The van der Waals surface area contributed by atoms with Crippen molar-refractivity contribution in [1.82, 2.24) is 0 Å². The molecule has 9 nitrogen and oxygen atoms in total. The molecule has 0 bridgehead atoms. The highest BCUT2D eigenvalue weighted by Gasteiger charge is 2.69. The first-order chi connectivity index (χ1) is 15.8. The minimum atomic E-state index is -0.741. The zero-order valence-corrected chi connectivity index (χ0v) is 19.8. The number of fused-ring (bicyclic) bond motifs is 2. The molecule has 0 aromatic carbocycles. The van der Waals surface area contributed by atoms with Crippen LogP contribution in [-0.4, -0.2) is 63.0 Å². The van der Waals surface area contributed by atoms with Crippen LogP contribution in [0.15, 0.2) is 0 Å². The lowest BCUT2D eigenvalue weighted by atomic mass is 9.43. The molecule has 33 heavy (non-hydrogen) atoms. The number of carbonyl (C=O) groups excluding carboxylic acids is 4. The van der Waals surface area contributed by atoms with Crippen LogP contribution in [0.1, 0.15) is 65.7 Å². The second-order valence-corrected chi connectivity index (χ2v) is 10.4. The Balaban J connectivity index is 1.98. The topological polar surface area (TPSA) is 114 Å². The van der Waals surface area contributed by atoms with Gasteiger partial charge in [-0.1, -0.05) is 20.8 Å². The van der Waals surface area contributed by atoms with Crippen LogP contribution in [-0.2, 0) is 42.9 Å². The van der Waals surface area contributed by atoms with Gasteiger partial charge in [0.1, 0.15) is 24.9 Å². The van der Waals surface area contributed by atoms with Gasteiger partial charge in [-0.25, -0.2) is 0 Å². The molecule has 1 heterocycles. The quantitative estimate of drug-likeness (QED) is 0.242. The van der Waals surface area contributed by atoms with Crippen LogP contribution in [0.4, 0.5) is 0 Å². The lowest BCUT2D eigenvalue weighted by Gasteiger charge is -2.65. The zero-order valence-electron chi connectivity index (χ0n) is 19.8. The lowest BCUT2D eigenvalue weighted by molar-refractivity contribution is -0.273. The van der Waals surface area contributed by atoms with Gasteiger partial charge in [0.25, 0.3) is 25.9 Å². The monoisotopic (exact) mass is 468 g/mol. The zero-order chi connectivity index (χ0) is 24.2. The maximum absolute atomic E-state index is 11.3. The number of rotatable bonds is 12. The van der Waals surface area contributed by atoms with E-state index in [4.69, 9.17) is 23.7 Å². The van der Waals surface area contributed by atoms with Gasteiger partial charge < -0.3 is 23.7 Å². The molecule has 3 fully saturated rings. The predicted octanol–water partition coefficient (Wildman–Crippen LogP) is 2.58. The van der Waals surface area contributed by atoms with E-state index >= 15 is 0 Å². The van der Waals surface area contributed by atoms with Gasteiger partial charge in [-0.3, -0.25) is 19.2 Å². The molecule has 186 valence electrons. The Morgan fingerprint density at radius 1 is 0.848 bits per heavy atom. The van der Waals surface area contributed by atoms with E-state index < -0.39 is 16.6 Å². The molecule has 7 unspecified atom stereocenters. The molecule has 0 amide bonds. The molecule has 1 spiro atoms. The van der Waals surface area contributed by atoms with E-state index in [1.165, 1.54) is 0 Å². The van der Waals surface area contributed by atoms with E-state index in [0.29, 0.717) is 45.2 Å². The van der Waals surface area contributed by atoms with Crippen molar-refractivity contribution in [1.29, 1.82) is 0 Å². The minimum absolute atomic E-state index is 0.0777. The average molecular weight is 469 g/mol. The normalized spacial score (nSPS) is 42.1. The van der Waals surface area contributed by atoms with Gasteiger partial charge in [0, 0.05) is 17.3 Å². The summed E-state index contributed by atoms with van der Waals surface area (Å²) in [4.78, 5) is 44.0. The first-order valence-corrected chi connectivity index (χ1v) is 11.7. The highest BCUT2D eigenvalue weighted by atomic mass is 16.6. The Labute approximate surface area is 194 Å². The molecule has 1 aliphatic heterocycles. The second-order valence-electron chi connectivity index (χ2n) is 10.4. The Morgan fingerprint density at radius 2 is 1.55 bits per heavy atom. The van der Waals surface area contributed by atoms with Crippen molar-refractivity contribution < 1.29 is 42.9 Å². The molecule has 7 atom stereocenters. The van der Waals surface area contributed by atoms with Crippen LogP contribution in [0.5, 0.6) is 0 Å². The van der Waals surface area contributed by atoms with Crippen LogP contribution in [0.3, 0.4) is 0 Å². The summed E-state index contributed by atoms with van der Waals surface area (Å²) in [5.41, 5.74) is -2.09. The molecule has 0 radical (unpaired) electrons. The molecule has 3 rings (SSSR count). The summed E-state index contributed by atoms with van der Waals surface area (Å²) < 4.78 is 27.9. The summed E-state index contributed by atoms with van der Waals surface area (Å²) in [6.45, 7) is 8.65. The van der Waals surface area contributed by atoms with Crippen molar-refractivity contribution in [2.24, 2.45) is 22.7 Å². The smallest absolute Gasteiger partial charge is 0.293 e. The summed E-state index contributed by atoms with van der Waals surface area (Å²) in [5.74, 6) is 0.317. The maximum Gasteiger partial charge on any atom is 0.293 e. The van der Waals surface area contributed by atoms with Crippen LogP contribution in [0.25, 0.3) is 0 Å². The Hall–Kier alpha value is -2.16. The fraction of sp³-hybridized carbons (Fsp3) is 0.833. The van der Waals surface area contributed by atoms with Gasteiger partial charge in [-0.05, 0) is 50.4 Å². The summed E-state index contributed by atoms with van der Waals surface area (Å²) in [6.07, 6.45) is 4.73. The highest BCUT2D eigenvalue weighted by molar-refractivity contribution is 5.39.